The smallest absolute Gasteiger partial charge is 0.225 e. The van der Waals surface area contributed by atoms with Gasteiger partial charge in [-0.15, -0.1) is 0 Å². The Labute approximate surface area is 114 Å². The van der Waals surface area contributed by atoms with Gasteiger partial charge in [-0.1, -0.05) is 12.2 Å². The first-order chi connectivity index (χ1) is 8.40. The molecule has 0 amide bonds. The molecule has 1 rings (SSSR count). The van der Waals surface area contributed by atoms with E-state index in [1.54, 1.807) is 6.07 Å². The molecule has 100 valence electrons. The molecule has 0 bridgehead atoms. The van der Waals surface area contributed by atoms with Gasteiger partial charge in [0.2, 0.25) is 5.95 Å². The van der Waals surface area contributed by atoms with E-state index in [2.05, 4.69) is 29.0 Å². The zero-order valence-electron chi connectivity index (χ0n) is 11.5. The molecule has 6 heteroatoms. The van der Waals surface area contributed by atoms with Gasteiger partial charge in [0.15, 0.2) is 0 Å². The minimum atomic E-state index is 0.309. The molecule has 5 nitrogen and oxygen atoms in total. The molecule has 0 atom stereocenters. The molecule has 1 heterocycles. The molecule has 1 aromatic heterocycles. The molecule has 0 aliphatic carbocycles. The van der Waals surface area contributed by atoms with Crippen LogP contribution in [0, 0.1) is 6.92 Å². The summed E-state index contributed by atoms with van der Waals surface area (Å²) in [5, 5.41) is 0. The molecule has 0 saturated heterocycles. The number of nitrogens with zero attached hydrogens (tertiary/aromatic N) is 4. The van der Waals surface area contributed by atoms with E-state index in [9.17, 15) is 0 Å². The molecule has 0 aliphatic rings. The van der Waals surface area contributed by atoms with Gasteiger partial charge in [-0.2, -0.15) is 0 Å². The topological polar surface area (TPSA) is 58.3 Å². The SMILES string of the molecule is Cc1cc(C(N)=S)nc(N(C)CCCN(C)C)n1. The van der Waals surface area contributed by atoms with Crippen molar-refractivity contribution in [2.75, 3.05) is 39.1 Å². The molecule has 0 unspecified atom stereocenters. The van der Waals surface area contributed by atoms with Gasteiger partial charge in [0.1, 0.15) is 10.7 Å². The third-order valence-corrected chi connectivity index (χ3v) is 2.74. The lowest BCUT2D eigenvalue weighted by Gasteiger charge is -2.19. The molecule has 0 fully saturated rings. The Bertz CT molecular complexity index is 419. The average molecular weight is 267 g/mol. The summed E-state index contributed by atoms with van der Waals surface area (Å²) in [6.45, 7) is 3.86. The maximum atomic E-state index is 5.61. The van der Waals surface area contributed by atoms with Crippen LogP contribution in [0.2, 0.25) is 0 Å². The van der Waals surface area contributed by atoms with Crippen LogP contribution in [0.15, 0.2) is 6.07 Å². The van der Waals surface area contributed by atoms with E-state index in [0.717, 1.165) is 25.2 Å². The predicted octanol–water partition coefficient (Wildman–Crippen LogP) is 0.807. The molecule has 0 radical (unpaired) electrons. The fourth-order valence-corrected chi connectivity index (χ4v) is 1.68. The Morgan fingerprint density at radius 2 is 1.94 bits per heavy atom. The van der Waals surface area contributed by atoms with Crippen LogP contribution >= 0.6 is 12.2 Å². The molecule has 0 aliphatic heterocycles. The Morgan fingerprint density at radius 3 is 2.50 bits per heavy atom. The third kappa shape index (κ3) is 4.54. The van der Waals surface area contributed by atoms with Crippen molar-refractivity contribution in [2.24, 2.45) is 5.73 Å². The van der Waals surface area contributed by atoms with E-state index in [1.165, 1.54) is 0 Å². The van der Waals surface area contributed by atoms with Gasteiger partial charge in [-0.25, -0.2) is 9.97 Å². The lowest BCUT2D eigenvalue weighted by molar-refractivity contribution is 0.401. The summed E-state index contributed by atoms with van der Waals surface area (Å²) in [7, 11) is 6.11. The summed E-state index contributed by atoms with van der Waals surface area (Å²) >= 11 is 4.95. The van der Waals surface area contributed by atoms with E-state index < -0.39 is 0 Å². The van der Waals surface area contributed by atoms with Crippen molar-refractivity contribution >= 4 is 23.2 Å². The molecule has 1 aromatic rings. The monoisotopic (exact) mass is 267 g/mol. The van der Waals surface area contributed by atoms with Crippen LogP contribution in [0.25, 0.3) is 0 Å². The van der Waals surface area contributed by atoms with Crippen molar-refractivity contribution < 1.29 is 0 Å². The highest BCUT2D eigenvalue weighted by Crippen LogP contribution is 2.09. The van der Waals surface area contributed by atoms with E-state index >= 15 is 0 Å². The lowest BCUT2D eigenvalue weighted by atomic mass is 10.3. The largest absolute Gasteiger partial charge is 0.388 e. The summed E-state index contributed by atoms with van der Waals surface area (Å²) in [6.07, 6.45) is 1.06. The van der Waals surface area contributed by atoms with Crippen LogP contribution in [-0.4, -0.2) is 54.1 Å². The summed E-state index contributed by atoms with van der Waals surface area (Å²) in [5.74, 6) is 0.677. The van der Waals surface area contributed by atoms with E-state index in [0.29, 0.717) is 16.6 Å². The van der Waals surface area contributed by atoms with Gasteiger partial charge in [0, 0.05) is 19.3 Å². The van der Waals surface area contributed by atoms with Crippen LogP contribution < -0.4 is 10.6 Å². The predicted molar refractivity (Wildman–Crippen MR) is 79.1 cm³/mol. The van der Waals surface area contributed by atoms with Crippen molar-refractivity contribution in [3.63, 3.8) is 0 Å². The van der Waals surface area contributed by atoms with Gasteiger partial charge >= 0.3 is 0 Å². The van der Waals surface area contributed by atoms with Gasteiger partial charge in [0.05, 0.1) is 0 Å². The Hall–Kier alpha value is -1.27. The molecule has 0 spiro atoms. The molecule has 0 aromatic carbocycles. The molecular weight excluding hydrogens is 246 g/mol. The third-order valence-electron chi connectivity index (χ3n) is 2.54. The van der Waals surface area contributed by atoms with Crippen molar-refractivity contribution in [1.29, 1.82) is 0 Å². The van der Waals surface area contributed by atoms with E-state index in [1.807, 2.05) is 18.9 Å². The zero-order valence-corrected chi connectivity index (χ0v) is 12.3. The number of thiocarbonyl (C=S) groups is 1. The number of aromatic nitrogens is 2. The van der Waals surface area contributed by atoms with Crippen molar-refractivity contribution in [2.45, 2.75) is 13.3 Å². The molecule has 0 saturated carbocycles. The zero-order chi connectivity index (χ0) is 13.7. The highest BCUT2D eigenvalue weighted by Gasteiger charge is 2.08. The summed E-state index contributed by atoms with van der Waals surface area (Å²) in [6, 6.07) is 1.81. The van der Waals surface area contributed by atoms with Crippen LogP contribution in [0.3, 0.4) is 0 Å². The first-order valence-electron chi connectivity index (χ1n) is 5.91. The van der Waals surface area contributed by atoms with E-state index in [-0.39, 0.29) is 0 Å². The van der Waals surface area contributed by atoms with Gasteiger partial charge in [0.25, 0.3) is 0 Å². The minimum absolute atomic E-state index is 0.309. The summed E-state index contributed by atoms with van der Waals surface area (Å²) < 4.78 is 0. The second kappa shape index (κ2) is 6.61. The number of nitrogens with two attached hydrogens (primary N) is 1. The second-order valence-electron chi connectivity index (χ2n) is 4.64. The Balaban J connectivity index is 2.73. The average Bonchev–Trinajstić information content (AvgIpc) is 2.27. The first kappa shape index (κ1) is 14.8. The van der Waals surface area contributed by atoms with Gasteiger partial charge < -0.3 is 15.5 Å². The maximum Gasteiger partial charge on any atom is 0.225 e. The molecular formula is C12H21N5S. The fraction of sp³-hybridized carbons (Fsp3) is 0.583. The van der Waals surface area contributed by atoms with Crippen molar-refractivity contribution in [3.8, 4) is 0 Å². The van der Waals surface area contributed by atoms with Crippen LogP contribution in [0.1, 0.15) is 17.8 Å². The number of rotatable bonds is 6. The Morgan fingerprint density at radius 1 is 1.28 bits per heavy atom. The number of aryl methyl sites for hydroxylation is 1. The molecule has 2 N–H and O–H groups in total. The number of hydrogen-bond acceptors (Lipinski definition) is 5. The van der Waals surface area contributed by atoms with Crippen LogP contribution in [0.4, 0.5) is 5.95 Å². The maximum absolute atomic E-state index is 5.61. The van der Waals surface area contributed by atoms with Gasteiger partial charge in [-0.3, -0.25) is 0 Å². The van der Waals surface area contributed by atoms with Crippen LogP contribution in [0.5, 0.6) is 0 Å². The highest BCUT2D eigenvalue weighted by molar-refractivity contribution is 7.80. The van der Waals surface area contributed by atoms with Crippen molar-refractivity contribution in [3.05, 3.63) is 17.5 Å². The highest BCUT2D eigenvalue weighted by atomic mass is 32.1. The second-order valence-corrected chi connectivity index (χ2v) is 5.08. The van der Waals surface area contributed by atoms with Gasteiger partial charge in [-0.05, 0) is 40.1 Å². The normalized spacial score (nSPS) is 10.7. The number of anilines is 1. The standard InChI is InChI=1S/C12H21N5S/c1-9-8-10(11(13)18)15-12(14-9)17(4)7-5-6-16(2)3/h8H,5-7H2,1-4H3,(H2,13,18). The van der Waals surface area contributed by atoms with Crippen LogP contribution in [-0.2, 0) is 0 Å². The van der Waals surface area contributed by atoms with Crippen molar-refractivity contribution in [1.82, 2.24) is 14.9 Å². The Kier molecular flexibility index (Phi) is 5.43. The number of hydrogen-bond donors (Lipinski definition) is 1. The minimum Gasteiger partial charge on any atom is -0.388 e. The van der Waals surface area contributed by atoms with E-state index in [4.69, 9.17) is 18.0 Å². The summed E-state index contributed by atoms with van der Waals surface area (Å²) in [4.78, 5) is 13.3. The fourth-order valence-electron chi connectivity index (χ4n) is 1.57. The molecule has 18 heavy (non-hydrogen) atoms. The first-order valence-corrected chi connectivity index (χ1v) is 6.32. The quantitative estimate of drug-likeness (QED) is 0.770. The lowest BCUT2D eigenvalue weighted by Crippen LogP contribution is -2.26. The summed E-state index contributed by atoms with van der Waals surface area (Å²) in [5.41, 5.74) is 7.12.